The number of hydrogen-bond donors (Lipinski definition) is 2. The highest BCUT2D eigenvalue weighted by atomic mass is 32.2. The van der Waals surface area contributed by atoms with Crippen molar-refractivity contribution in [2.75, 3.05) is 19.4 Å². The first-order valence-corrected chi connectivity index (χ1v) is 12.3. The quantitative estimate of drug-likeness (QED) is 0.442. The first kappa shape index (κ1) is 22.1. The number of benzene rings is 3. The van der Waals surface area contributed by atoms with E-state index in [0.29, 0.717) is 31.1 Å². The van der Waals surface area contributed by atoms with E-state index < -0.39 is 16.1 Å². The van der Waals surface area contributed by atoms with Gasteiger partial charge in [-0.15, -0.1) is 0 Å². The van der Waals surface area contributed by atoms with E-state index in [9.17, 15) is 13.2 Å². The molecule has 0 spiro atoms. The molecule has 0 aliphatic carbocycles. The lowest BCUT2D eigenvalue weighted by Crippen LogP contribution is -2.41. The number of carbonyl (C=O) groups is 1. The summed E-state index contributed by atoms with van der Waals surface area (Å²) in [6.45, 7) is 0.836. The minimum Gasteiger partial charge on any atom is -0.497 e. The molecule has 174 valence electrons. The maximum absolute atomic E-state index is 13.0. The molecular weight excluding hydrogens is 452 g/mol. The number of sulfonamides is 1. The van der Waals surface area contributed by atoms with Gasteiger partial charge in [0.25, 0.3) is 0 Å². The number of nitrogens with zero attached hydrogens (tertiary/aromatic N) is 2. The Morgan fingerprint density at radius 3 is 2.62 bits per heavy atom. The van der Waals surface area contributed by atoms with Crippen molar-refractivity contribution in [3.8, 4) is 5.75 Å². The summed E-state index contributed by atoms with van der Waals surface area (Å²) in [6, 6.07) is 19.0. The van der Waals surface area contributed by atoms with E-state index >= 15 is 0 Å². The van der Waals surface area contributed by atoms with E-state index in [1.54, 1.807) is 42.3 Å². The molecular formula is C25H24N4O4S. The highest BCUT2D eigenvalue weighted by Gasteiger charge is 2.35. The summed E-state index contributed by atoms with van der Waals surface area (Å²) < 4.78 is 33.9. The fraction of sp³-hybridized carbons (Fsp3) is 0.200. The van der Waals surface area contributed by atoms with E-state index in [2.05, 4.69) is 9.71 Å². The normalized spacial score (nSPS) is 16.4. The molecule has 1 amide bonds. The molecule has 1 atom stereocenters. The molecule has 8 nitrogen and oxygen atoms in total. The Labute approximate surface area is 197 Å². The number of rotatable bonds is 6. The molecule has 1 aromatic heterocycles. The molecule has 4 aromatic rings. The molecule has 0 bridgehead atoms. The standard InChI is InChI=1S/C25H24N4O4S/c1-33-20-7-4-17-5-8-21(14-19(17)13-20)34(31,32)28-22-10-11-29(25(22)30)15-16-2-3-18-6-9-24(26)27-23(18)12-16/h2-9,12-14,22,28H,10-11,15H2,1H3,(H2,26,27)/t22-/m0/s1. The average molecular weight is 477 g/mol. The first-order valence-electron chi connectivity index (χ1n) is 10.9. The number of likely N-dealkylation sites (tertiary alicyclic amines) is 1. The summed E-state index contributed by atoms with van der Waals surface area (Å²) in [7, 11) is -2.32. The number of nitrogen functional groups attached to an aromatic ring is 1. The van der Waals surface area contributed by atoms with Crippen LogP contribution in [0.5, 0.6) is 5.75 Å². The number of aromatic nitrogens is 1. The van der Waals surface area contributed by atoms with E-state index in [1.165, 1.54) is 0 Å². The number of carbonyl (C=O) groups excluding carboxylic acids is 1. The maximum atomic E-state index is 13.0. The van der Waals surface area contributed by atoms with Gasteiger partial charge in [-0.05, 0) is 65.2 Å². The van der Waals surface area contributed by atoms with Crippen LogP contribution in [-0.2, 0) is 21.4 Å². The number of pyridine rings is 1. The number of nitrogens with two attached hydrogens (primary N) is 1. The Hall–Kier alpha value is -3.69. The van der Waals surface area contributed by atoms with Crippen molar-refractivity contribution in [1.29, 1.82) is 0 Å². The van der Waals surface area contributed by atoms with Crippen molar-refractivity contribution in [2.45, 2.75) is 23.9 Å². The summed E-state index contributed by atoms with van der Waals surface area (Å²) in [5, 5.41) is 2.60. The highest BCUT2D eigenvalue weighted by molar-refractivity contribution is 7.89. The van der Waals surface area contributed by atoms with Crippen molar-refractivity contribution in [3.63, 3.8) is 0 Å². The minimum atomic E-state index is -3.88. The number of amides is 1. The third kappa shape index (κ3) is 4.27. The van der Waals surface area contributed by atoms with Gasteiger partial charge in [-0.1, -0.05) is 24.3 Å². The maximum Gasteiger partial charge on any atom is 0.241 e. The number of ether oxygens (including phenoxy) is 1. The zero-order chi connectivity index (χ0) is 23.9. The van der Waals surface area contributed by atoms with Crippen LogP contribution >= 0.6 is 0 Å². The zero-order valence-electron chi connectivity index (χ0n) is 18.6. The summed E-state index contributed by atoms with van der Waals surface area (Å²) in [4.78, 5) is 19.1. The summed E-state index contributed by atoms with van der Waals surface area (Å²) in [5.41, 5.74) is 7.45. The van der Waals surface area contributed by atoms with Crippen LogP contribution in [0, 0.1) is 0 Å². The molecule has 1 fully saturated rings. The lowest BCUT2D eigenvalue weighted by molar-refractivity contribution is -0.129. The minimum absolute atomic E-state index is 0.109. The van der Waals surface area contributed by atoms with E-state index in [0.717, 1.165) is 27.2 Å². The van der Waals surface area contributed by atoms with Gasteiger partial charge in [0.15, 0.2) is 0 Å². The van der Waals surface area contributed by atoms with E-state index in [1.807, 2.05) is 36.4 Å². The van der Waals surface area contributed by atoms with Crippen molar-refractivity contribution in [3.05, 3.63) is 72.3 Å². The third-order valence-electron chi connectivity index (χ3n) is 6.08. The molecule has 34 heavy (non-hydrogen) atoms. The number of anilines is 1. The first-order chi connectivity index (χ1) is 16.3. The summed E-state index contributed by atoms with van der Waals surface area (Å²) in [6.07, 6.45) is 0.401. The molecule has 1 aliphatic heterocycles. The van der Waals surface area contributed by atoms with Gasteiger partial charge in [0.2, 0.25) is 15.9 Å². The lowest BCUT2D eigenvalue weighted by Gasteiger charge is -2.18. The zero-order valence-corrected chi connectivity index (χ0v) is 19.4. The van der Waals surface area contributed by atoms with E-state index in [4.69, 9.17) is 10.5 Å². The Kier molecular flexibility index (Phi) is 5.59. The van der Waals surface area contributed by atoms with Crippen LogP contribution in [-0.4, -0.2) is 43.9 Å². The molecule has 0 radical (unpaired) electrons. The van der Waals surface area contributed by atoms with Crippen molar-refractivity contribution in [2.24, 2.45) is 0 Å². The predicted octanol–water partition coefficient (Wildman–Crippen LogP) is 3.06. The predicted molar refractivity (Wildman–Crippen MR) is 131 cm³/mol. The van der Waals surface area contributed by atoms with Crippen LogP contribution < -0.4 is 15.2 Å². The smallest absolute Gasteiger partial charge is 0.241 e. The number of hydrogen-bond acceptors (Lipinski definition) is 6. The molecule has 0 saturated carbocycles. The Balaban J connectivity index is 1.31. The lowest BCUT2D eigenvalue weighted by atomic mass is 10.1. The number of nitrogens with one attached hydrogen (secondary N) is 1. The average Bonchev–Trinajstić information content (AvgIpc) is 3.16. The second-order valence-electron chi connectivity index (χ2n) is 8.36. The summed E-state index contributed by atoms with van der Waals surface area (Å²) in [5.74, 6) is 0.832. The van der Waals surface area contributed by atoms with Gasteiger partial charge in [0, 0.05) is 18.5 Å². The van der Waals surface area contributed by atoms with Gasteiger partial charge in [-0.3, -0.25) is 4.79 Å². The fourth-order valence-electron chi connectivity index (χ4n) is 4.25. The van der Waals surface area contributed by atoms with Gasteiger partial charge >= 0.3 is 0 Å². The topological polar surface area (TPSA) is 115 Å². The van der Waals surface area contributed by atoms with Gasteiger partial charge in [0.1, 0.15) is 17.6 Å². The largest absolute Gasteiger partial charge is 0.497 e. The molecule has 3 N–H and O–H groups in total. The number of fused-ring (bicyclic) bond motifs is 2. The molecule has 9 heteroatoms. The summed E-state index contributed by atoms with van der Waals surface area (Å²) >= 11 is 0. The Bertz CT molecular complexity index is 1520. The van der Waals surface area contributed by atoms with Crippen LogP contribution in [0.1, 0.15) is 12.0 Å². The third-order valence-corrected chi connectivity index (χ3v) is 7.54. The Morgan fingerprint density at radius 2 is 1.79 bits per heavy atom. The molecule has 2 heterocycles. The molecule has 1 saturated heterocycles. The molecule has 0 unspecified atom stereocenters. The number of methoxy groups -OCH3 is 1. The van der Waals surface area contributed by atoms with Crippen LogP contribution in [0.3, 0.4) is 0 Å². The highest BCUT2D eigenvalue weighted by Crippen LogP contribution is 2.25. The SMILES string of the molecule is COc1ccc2ccc(S(=O)(=O)N[C@H]3CCN(Cc4ccc5ccc(N)nc5c4)C3=O)cc2c1. The molecule has 3 aromatic carbocycles. The molecule has 5 rings (SSSR count). The van der Waals surface area contributed by atoms with Gasteiger partial charge in [0.05, 0.1) is 17.5 Å². The van der Waals surface area contributed by atoms with Crippen LogP contribution in [0.2, 0.25) is 0 Å². The van der Waals surface area contributed by atoms with Crippen molar-refractivity contribution in [1.82, 2.24) is 14.6 Å². The second kappa shape index (κ2) is 8.58. The fourth-order valence-corrected chi connectivity index (χ4v) is 5.51. The van der Waals surface area contributed by atoms with E-state index in [-0.39, 0.29) is 10.8 Å². The monoisotopic (exact) mass is 476 g/mol. The van der Waals surface area contributed by atoms with Gasteiger partial charge in [-0.25, -0.2) is 13.4 Å². The Morgan fingerprint density at radius 1 is 1.03 bits per heavy atom. The van der Waals surface area contributed by atoms with Crippen molar-refractivity contribution >= 4 is 43.4 Å². The molecule has 1 aliphatic rings. The van der Waals surface area contributed by atoms with Crippen LogP contribution in [0.4, 0.5) is 5.82 Å². The second-order valence-corrected chi connectivity index (χ2v) is 10.1. The van der Waals surface area contributed by atoms with Crippen LogP contribution in [0.25, 0.3) is 21.7 Å². The van der Waals surface area contributed by atoms with Gasteiger partial charge < -0.3 is 15.4 Å². The van der Waals surface area contributed by atoms with Crippen molar-refractivity contribution < 1.29 is 17.9 Å². The van der Waals surface area contributed by atoms with Crippen LogP contribution in [0.15, 0.2) is 71.6 Å². The van der Waals surface area contributed by atoms with Gasteiger partial charge in [-0.2, -0.15) is 4.72 Å².